The largest absolute Gasteiger partial charge is 0.248 e. The molecule has 4 aliphatic rings. The third-order valence-electron chi connectivity index (χ3n) is 7.84. The summed E-state index contributed by atoms with van der Waals surface area (Å²) in [6.07, 6.45) is 8.68. The molecule has 142 valence electrons. The molecule has 1 nitrogen and oxygen atoms in total. The van der Waals surface area contributed by atoms with Crippen LogP contribution >= 0.6 is 0 Å². The van der Waals surface area contributed by atoms with Crippen LogP contribution in [-0.4, -0.2) is 4.98 Å². The molecule has 0 spiro atoms. The van der Waals surface area contributed by atoms with Crippen molar-refractivity contribution < 1.29 is 0 Å². The van der Waals surface area contributed by atoms with E-state index in [1.165, 1.54) is 66.1 Å². The Kier molecular flexibility index (Phi) is 3.55. The molecule has 4 aliphatic carbocycles. The van der Waals surface area contributed by atoms with Crippen molar-refractivity contribution in [3.05, 3.63) is 65.2 Å². The van der Waals surface area contributed by atoms with Crippen molar-refractivity contribution in [3.8, 4) is 11.3 Å². The summed E-state index contributed by atoms with van der Waals surface area (Å²) in [5.41, 5.74) is 8.25. The summed E-state index contributed by atoms with van der Waals surface area (Å²) in [6, 6.07) is 18.2. The standard InChI is InChI=1S/C27H29N/c1-17-7-18(2)9-22(8-17)26-13-24(23-5-3-4-6-25(23)28-26)27-14-19-10-20(15-27)12-21(11-19)16-27/h3-9,13,19-21H,10-12,14-16H2,1-2H3. The SMILES string of the molecule is Cc1cc(C)cc(-c2cc(C34CC5CC(CC(C5)C3)C4)c3ccccc3n2)c1. The molecule has 0 atom stereocenters. The van der Waals surface area contributed by atoms with Crippen molar-refractivity contribution in [3.63, 3.8) is 0 Å². The number of benzene rings is 2. The van der Waals surface area contributed by atoms with Crippen LogP contribution in [0, 0.1) is 31.6 Å². The number of nitrogens with zero attached hydrogens (tertiary/aromatic N) is 1. The first kappa shape index (κ1) is 16.8. The third-order valence-corrected chi connectivity index (χ3v) is 7.84. The monoisotopic (exact) mass is 367 g/mol. The van der Waals surface area contributed by atoms with E-state index < -0.39 is 0 Å². The summed E-state index contributed by atoms with van der Waals surface area (Å²) in [5, 5.41) is 1.40. The minimum atomic E-state index is 0.394. The van der Waals surface area contributed by atoms with Gasteiger partial charge in [0.05, 0.1) is 11.2 Å². The van der Waals surface area contributed by atoms with Gasteiger partial charge in [0.15, 0.2) is 0 Å². The normalized spacial score (nSPS) is 30.9. The number of aromatic nitrogens is 1. The van der Waals surface area contributed by atoms with Gasteiger partial charge in [-0.05, 0) is 105 Å². The number of fused-ring (bicyclic) bond motifs is 1. The van der Waals surface area contributed by atoms with E-state index in [4.69, 9.17) is 4.98 Å². The van der Waals surface area contributed by atoms with Crippen LogP contribution in [0.1, 0.15) is 55.2 Å². The lowest BCUT2D eigenvalue weighted by Crippen LogP contribution is -2.48. The number of hydrogen-bond donors (Lipinski definition) is 0. The Morgan fingerprint density at radius 3 is 2.04 bits per heavy atom. The Bertz CT molecular complexity index is 1020. The lowest BCUT2D eigenvalue weighted by atomic mass is 9.48. The number of hydrogen-bond acceptors (Lipinski definition) is 1. The molecule has 2 aromatic carbocycles. The average molecular weight is 368 g/mol. The second kappa shape index (κ2) is 5.92. The quantitative estimate of drug-likeness (QED) is 0.476. The van der Waals surface area contributed by atoms with E-state index in [-0.39, 0.29) is 0 Å². The van der Waals surface area contributed by atoms with E-state index in [9.17, 15) is 0 Å². The molecule has 3 aromatic rings. The molecule has 1 heteroatoms. The highest BCUT2D eigenvalue weighted by molar-refractivity contribution is 5.86. The van der Waals surface area contributed by atoms with Crippen LogP contribution in [0.2, 0.25) is 0 Å². The summed E-state index contributed by atoms with van der Waals surface area (Å²) in [4.78, 5) is 5.12. The first-order chi connectivity index (χ1) is 13.6. The van der Waals surface area contributed by atoms with E-state index in [1.807, 2.05) is 0 Å². The fourth-order valence-corrected chi connectivity index (χ4v) is 7.33. The summed E-state index contributed by atoms with van der Waals surface area (Å²) in [5.74, 6) is 2.88. The molecule has 0 unspecified atom stereocenters. The smallest absolute Gasteiger partial charge is 0.0712 e. The summed E-state index contributed by atoms with van der Waals surface area (Å²) < 4.78 is 0. The molecule has 0 N–H and O–H groups in total. The van der Waals surface area contributed by atoms with Crippen molar-refractivity contribution in [1.29, 1.82) is 0 Å². The fraction of sp³-hybridized carbons (Fsp3) is 0.444. The Balaban J connectivity index is 1.58. The topological polar surface area (TPSA) is 12.9 Å². The second-order valence-electron chi connectivity index (χ2n) is 10.1. The highest BCUT2D eigenvalue weighted by Gasteiger charge is 2.52. The molecule has 1 heterocycles. The Labute approximate surface area is 168 Å². The number of aryl methyl sites for hydroxylation is 2. The van der Waals surface area contributed by atoms with Crippen molar-refractivity contribution in [1.82, 2.24) is 4.98 Å². The fourth-order valence-electron chi connectivity index (χ4n) is 7.33. The maximum Gasteiger partial charge on any atom is 0.0712 e. The summed E-state index contributed by atoms with van der Waals surface area (Å²) in [7, 11) is 0. The van der Waals surface area contributed by atoms with Gasteiger partial charge in [-0.25, -0.2) is 4.98 Å². The lowest BCUT2D eigenvalue weighted by molar-refractivity contribution is -0.00450. The molecular weight excluding hydrogens is 338 g/mol. The molecule has 4 bridgehead atoms. The van der Waals surface area contributed by atoms with Gasteiger partial charge in [-0.2, -0.15) is 0 Å². The molecule has 4 fully saturated rings. The van der Waals surface area contributed by atoms with Crippen molar-refractivity contribution >= 4 is 10.9 Å². The van der Waals surface area contributed by atoms with E-state index in [0.717, 1.165) is 23.4 Å². The van der Waals surface area contributed by atoms with Gasteiger partial charge in [0.25, 0.3) is 0 Å². The van der Waals surface area contributed by atoms with E-state index in [0.29, 0.717) is 5.41 Å². The van der Waals surface area contributed by atoms with Crippen LogP contribution in [0.15, 0.2) is 48.5 Å². The van der Waals surface area contributed by atoms with Crippen LogP contribution in [0.3, 0.4) is 0 Å². The van der Waals surface area contributed by atoms with E-state index in [1.54, 1.807) is 5.56 Å². The van der Waals surface area contributed by atoms with Crippen LogP contribution < -0.4 is 0 Å². The molecule has 0 amide bonds. The lowest BCUT2D eigenvalue weighted by Gasteiger charge is -2.57. The van der Waals surface area contributed by atoms with Crippen molar-refractivity contribution in [2.24, 2.45) is 17.8 Å². The first-order valence-corrected chi connectivity index (χ1v) is 11.1. The van der Waals surface area contributed by atoms with Gasteiger partial charge in [-0.3, -0.25) is 0 Å². The van der Waals surface area contributed by atoms with Crippen LogP contribution in [0.4, 0.5) is 0 Å². The molecular formula is C27H29N. The molecule has 1 aromatic heterocycles. The summed E-state index contributed by atoms with van der Waals surface area (Å²) in [6.45, 7) is 4.38. The van der Waals surface area contributed by atoms with Gasteiger partial charge in [0, 0.05) is 10.9 Å². The van der Waals surface area contributed by atoms with Crippen molar-refractivity contribution in [2.45, 2.75) is 57.8 Å². The van der Waals surface area contributed by atoms with Gasteiger partial charge in [-0.1, -0.05) is 35.4 Å². The van der Waals surface area contributed by atoms with Gasteiger partial charge in [0.2, 0.25) is 0 Å². The molecule has 0 saturated heterocycles. The molecule has 4 saturated carbocycles. The molecule has 0 radical (unpaired) electrons. The maximum atomic E-state index is 5.12. The second-order valence-corrected chi connectivity index (χ2v) is 10.1. The van der Waals surface area contributed by atoms with Gasteiger partial charge in [-0.15, -0.1) is 0 Å². The van der Waals surface area contributed by atoms with Gasteiger partial charge in [0.1, 0.15) is 0 Å². The highest BCUT2D eigenvalue weighted by Crippen LogP contribution is 2.61. The minimum Gasteiger partial charge on any atom is -0.248 e. The van der Waals surface area contributed by atoms with Crippen LogP contribution in [-0.2, 0) is 5.41 Å². The Morgan fingerprint density at radius 1 is 0.786 bits per heavy atom. The van der Waals surface area contributed by atoms with Crippen LogP contribution in [0.5, 0.6) is 0 Å². The first-order valence-electron chi connectivity index (χ1n) is 11.1. The van der Waals surface area contributed by atoms with Crippen molar-refractivity contribution in [2.75, 3.05) is 0 Å². The van der Waals surface area contributed by atoms with E-state index >= 15 is 0 Å². The molecule has 28 heavy (non-hydrogen) atoms. The maximum absolute atomic E-state index is 5.12. The highest BCUT2D eigenvalue weighted by atomic mass is 14.7. The Hall–Kier alpha value is -2.15. The Morgan fingerprint density at radius 2 is 1.39 bits per heavy atom. The van der Waals surface area contributed by atoms with Gasteiger partial charge < -0.3 is 0 Å². The number of para-hydroxylation sites is 1. The average Bonchev–Trinajstić information content (AvgIpc) is 2.65. The third kappa shape index (κ3) is 2.55. The minimum absolute atomic E-state index is 0.394. The van der Waals surface area contributed by atoms with Gasteiger partial charge >= 0.3 is 0 Å². The predicted octanol–water partition coefficient (Wildman–Crippen LogP) is 6.99. The number of rotatable bonds is 2. The number of pyridine rings is 1. The zero-order valence-electron chi connectivity index (χ0n) is 17.0. The zero-order valence-corrected chi connectivity index (χ0v) is 17.0. The van der Waals surface area contributed by atoms with Crippen LogP contribution in [0.25, 0.3) is 22.2 Å². The van der Waals surface area contributed by atoms with E-state index in [2.05, 4.69) is 62.4 Å². The summed E-state index contributed by atoms with van der Waals surface area (Å²) >= 11 is 0. The predicted molar refractivity (Wildman–Crippen MR) is 117 cm³/mol. The molecule has 7 rings (SSSR count). The zero-order chi connectivity index (χ0) is 18.9. The molecule has 0 aliphatic heterocycles.